The van der Waals surface area contributed by atoms with E-state index in [0.717, 1.165) is 0 Å². The highest BCUT2D eigenvalue weighted by Crippen LogP contribution is 2.14. The van der Waals surface area contributed by atoms with E-state index >= 15 is 0 Å². The fourth-order valence-corrected chi connectivity index (χ4v) is 1.11. The first-order valence-electron chi connectivity index (χ1n) is 3.59. The molecule has 0 saturated heterocycles. The molecule has 1 aliphatic heterocycles. The van der Waals surface area contributed by atoms with Gasteiger partial charge in [0.05, 0.1) is 12.7 Å². The van der Waals surface area contributed by atoms with Crippen molar-refractivity contribution in [2.75, 3.05) is 13.1 Å². The molecule has 2 nitrogen and oxygen atoms in total. The van der Waals surface area contributed by atoms with Crippen LogP contribution in [0.15, 0.2) is 23.9 Å². The molecular formula is C8H13NO. The Balaban J connectivity index is 2.71. The zero-order valence-electron chi connectivity index (χ0n) is 6.50. The predicted molar refractivity (Wildman–Crippen MR) is 41.9 cm³/mol. The first kappa shape index (κ1) is 7.51. The maximum atomic E-state index is 11.5. The molecule has 0 aromatic carbocycles. The Hall–Kier alpha value is -0.600. The lowest BCUT2D eigenvalue weighted by molar-refractivity contribution is -0.822. The molecule has 0 fully saturated rings. The molecule has 0 bridgehead atoms. The van der Waals surface area contributed by atoms with Crippen LogP contribution in [0, 0.1) is 5.21 Å². The van der Waals surface area contributed by atoms with Gasteiger partial charge in [0.25, 0.3) is 0 Å². The summed E-state index contributed by atoms with van der Waals surface area (Å²) in [4.78, 5) is 0. The van der Waals surface area contributed by atoms with Crippen LogP contribution in [0.5, 0.6) is 0 Å². The number of rotatable bonds is 1. The largest absolute Gasteiger partial charge is 0.628 e. The molecule has 1 aliphatic rings. The van der Waals surface area contributed by atoms with Crippen LogP contribution in [0.25, 0.3) is 0 Å². The van der Waals surface area contributed by atoms with Crippen molar-refractivity contribution in [2.45, 2.75) is 13.8 Å². The van der Waals surface area contributed by atoms with E-state index in [1.807, 2.05) is 26.0 Å². The van der Waals surface area contributed by atoms with E-state index < -0.39 is 0 Å². The highest BCUT2D eigenvalue weighted by atomic mass is 16.5. The average Bonchev–Trinajstić information content (AvgIpc) is 1.88. The predicted octanol–water partition coefficient (Wildman–Crippen LogP) is 1.79. The van der Waals surface area contributed by atoms with Gasteiger partial charge in [-0.1, -0.05) is 6.08 Å². The number of hydroxylamine groups is 3. The lowest BCUT2D eigenvalue weighted by atomic mass is 10.2. The molecule has 2 heteroatoms. The second kappa shape index (κ2) is 2.56. The van der Waals surface area contributed by atoms with E-state index in [1.54, 1.807) is 6.20 Å². The molecule has 0 N–H and O–H groups in total. The van der Waals surface area contributed by atoms with E-state index in [9.17, 15) is 5.21 Å². The molecule has 1 unspecified atom stereocenters. The van der Waals surface area contributed by atoms with Crippen molar-refractivity contribution >= 4 is 0 Å². The van der Waals surface area contributed by atoms with Crippen LogP contribution in [0.1, 0.15) is 13.8 Å². The van der Waals surface area contributed by atoms with E-state index in [-0.39, 0.29) is 4.65 Å². The monoisotopic (exact) mass is 139 g/mol. The molecule has 1 atom stereocenters. The second-order valence-electron chi connectivity index (χ2n) is 2.78. The van der Waals surface area contributed by atoms with Crippen molar-refractivity contribution in [1.82, 2.24) is 0 Å². The first-order valence-corrected chi connectivity index (χ1v) is 3.59. The maximum absolute atomic E-state index is 11.5. The van der Waals surface area contributed by atoms with Crippen LogP contribution < -0.4 is 0 Å². The summed E-state index contributed by atoms with van der Waals surface area (Å²) in [7, 11) is 0. The Morgan fingerprint density at radius 1 is 1.70 bits per heavy atom. The number of quaternary nitrogens is 1. The number of nitrogens with zero attached hydrogens (tertiary/aromatic N) is 1. The topological polar surface area (TPSA) is 23.1 Å². The normalized spacial score (nSPS) is 32.1. The molecule has 0 radical (unpaired) electrons. The smallest absolute Gasteiger partial charge is 0.104 e. The van der Waals surface area contributed by atoms with Gasteiger partial charge < -0.3 is 9.85 Å². The Bertz CT molecular complexity index is 184. The van der Waals surface area contributed by atoms with Crippen LogP contribution >= 0.6 is 0 Å². The summed E-state index contributed by atoms with van der Waals surface area (Å²) in [5, 5.41) is 11.5. The fourth-order valence-electron chi connectivity index (χ4n) is 1.11. The van der Waals surface area contributed by atoms with Gasteiger partial charge in [0.15, 0.2) is 0 Å². The summed E-state index contributed by atoms with van der Waals surface area (Å²) in [6, 6.07) is 0. The molecule has 10 heavy (non-hydrogen) atoms. The molecule has 0 saturated carbocycles. The van der Waals surface area contributed by atoms with Crippen molar-refractivity contribution in [3.05, 3.63) is 29.1 Å². The highest BCUT2D eigenvalue weighted by Gasteiger charge is 2.13. The van der Waals surface area contributed by atoms with Gasteiger partial charge in [0, 0.05) is 0 Å². The highest BCUT2D eigenvalue weighted by molar-refractivity contribution is 5.12. The van der Waals surface area contributed by atoms with Gasteiger partial charge in [-0.2, -0.15) is 0 Å². The maximum Gasteiger partial charge on any atom is 0.104 e. The number of likely N-dealkylation sites (N-methyl/N-ethyl adjacent to an activating group) is 1. The van der Waals surface area contributed by atoms with Gasteiger partial charge >= 0.3 is 0 Å². The van der Waals surface area contributed by atoms with E-state index in [0.29, 0.717) is 13.1 Å². The van der Waals surface area contributed by atoms with Crippen molar-refractivity contribution < 1.29 is 4.65 Å². The van der Waals surface area contributed by atoms with Crippen LogP contribution in [0.4, 0.5) is 0 Å². The molecule has 56 valence electrons. The zero-order chi connectivity index (χ0) is 7.61. The standard InChI is InChI=1S/C8H13NO/c1-3-9(10)6-4-5-8(2)7-9/h4-6H,3,7H2,1-2H3. The van der Waals surface area contributed by atoms with E-state index in [1.165, 1.54) is 5.57 Å². The van der Waals surface area contributed by atoms with Crippen molar-refractivity contribution in [3.63, 3.8) is 0 Å². The van der Waals surface area contributed by atoms with Crippen LogP contribution in [-0.2, 0) is 0 Å². The van der Waals surface area contributed by atoms with Gasteiger partial charge in [0.2, 0.25) is 0 Å². The average molecular weight is 139 g/mol. The van der Waals surface area contributed by atoms with Crippen molar-refractivity contribution in [3.8, 4) is 0 Å². The van der Waals surface area contributed by atoms with Crippen molar-refractivity contribution in [2.24, 2.45) is 0 Å². The number of allylic oxidation sites excluding steroid dienone is 2. The molecule has 1 heterocycles. The number of hydrogen-bond donors (Lipinski definition) is 0. The summed E-state index contributed by atoms with van der Waals surface area (Å²) < 4.78 is -0.192. The Kier molecular flexibility index (Phi) is 1.92. The Morgan fingerprint density at radius 2 is 2.40 bits per heavy atom. The third-order valence-electron chi connectivity index (χ3n) is 1.79. The molecule has 0 amide bonds. The third kappa shape index (κ3) is 1.46. The molecule has 0 aliphatic carbocycles. The summed E-state index contributed by atoms with van der Waals surface area (Å²) in [6.45, 7) is 5.15. The molecule has 0 aromatic heterocycles. The molecule has 0 spiro atoms. The summed E-state index contributed by atoms with van der Waals surface area (Å²) in [6.07, 6.45) is 5.53. The van der Waals surface area contributed by atoms with Crippen molar-refractivity contribution in [1.29, 1.82) is 0 Å². The first-order chi connectivity index (χ1) is 4.66. The summed E-state index contributed by atoms with van der Waals surface area (Å²) in [5.74, 6) is 0. The summed E-state index contributed by atoms with van der Waals surface area (Å²) in [5.41, 5.74) is 1.17. The van der Waals surface area contributed by atoms with E-state index in [2.05, 4.69) is 0 Å². The molecule has 0 aromatic rings. The minimum Gasteiger partial charge on any atom is -0.628 e. The van der Waals surface area contributed by atoms with Gasteiger partial charge in [0.1, 0.15) is 6.54 Å². The van der Waals surface area contributed by atoms with Crippen LogP contribution in [0.2, 0.25) is 0 Å². The molecule has 1 rings (SSSR count). The fraction of sp³-hybridized carbons (Fsp3) is 0.500. The third-order valence-corrected chi connectivity index (χ3v) is 1.79. The quantitative estimate of drug-likeness (QED) is 0.401. The zero-order valence-corrected chi connectivity index (χ0v) is 6.50. The van der Waals surface area contributed by atoms with Gasteiger partial charge in [-0.05, 0) is 25.5 Å². The van der Waals surface area contributed by atoms with Gasteiger partial charge in [-0.15, -0.1) is 0 Å². The Labute approximate surface area is 61.6 Å². The molecular weight excluding hydrogens is 126 g/mol. The lowest BCUT2D eigenvalue weighted by Crippen LogP contribution is -2.38. The Morgan fingerprint density at radius 3 is 2.80 bits per heavy atom. The summed E-state index contributed by atoms with van der Waals surface area (Å²) >= 11 is 0. The van der Waals surface area contributed by atoms with Gasteiger partial charge in [-0.25, -0.2) is 0 Å². The van der Waals surface area contributed by atoms with Crippen LogP contribution in [-0.4, -0.2) is 17.7 Å². The minimum absolute atomic E-state index is 0.192. The minimum atomic E-state index is -0.192. The SMILES string of the molecule is CC[N+]1([O-])C=CC=C(C)C1. The van der Waals surface area contributed by atoms with Gasteiger partial charge in [-0.3, -0.25) is 0 Å². The van der Waals surface area contributed by atoms with E-state index in [4.69, 9.17) is 0 Å². The second-order valence-corrected chi connectivity index (χ2v) is 2.78. The lowest BCUT2D eigenvalue weighted by Gasteiger charge is -2.39. The van der Waals surface area contributed by atoms with Crippen LogP contribution in [0.3, 0.4) is 0 Å². The number of hydrogen-bond acceptors (Lipinski definition) is 1.